The molecular formula is C11H14O3. The molecule has 0 aromatic rings. The maximum Gasteiger partial charge on any atom is 0.142 e. The fourth-order valence-electron chi connectivity index (χ4n) is 2.39. The third-order valence-electron chi connectivity index (χ3n) is 3.63. The van der Waals surface area contributed by atoms with Crippen LogP contribution in [0.15, 0.2) is 0 Å². The van der Waals surface area contributed by atoms with E-state index in [1.807, 2.05) is 0 Å². The molecule has 76 valence electrons. The van der Waals surface area contributed by atoms with E-state index >= 15 is 0 Å². The van der Waals surface area contributed by atoms with Crippen LogP contribution in [0.3, 0.4) is 0 Å². The van der Waals surface area contributed by atoms with E-state index < -0.39 is 11.0 Å². The van der Waals surface area contributed by atoms with Crippen molar-refractivity contribution < 1.29 is 14.6 Å². The summed E-state index contributed by atoms with van der Waals surface area (Å²) in [6, 6.07) is 0. The number of ether oxygens (including phenoxy) is 1. The molecule has 2 rings (SSSR count). The molecule has 0 bridgehead atoms. The van der Waals surface area contributed by atoms with E-state index in [1.165, 1.54) is 0 Å². The highest BCUT2D eigenvalue weighted by Crippen LogP contribution is 2.51. The van der Waals surface area contributed by atoms with Crippen molar-refractivity contribution in [2.24, 2.45) is 5.41 Å². The first-order chi connectivity index (χ1) is 6.54. The number of carbonyl (C=O) groups excluding carboxylic acids is 1. The van der Waals surface area contributed by atoms with Gasteiger partial charge in [-0.25, -0.2) is 0 Å². The number of epoxide rings is 1. The molecule has 3 heteroatoms. The van der Waals surface area contributed by atoms with E-state index in [-0.39, 0.29) is 11.9 Å². The summed E-state index contributed by atoms with van der Waals surface area (Å²) >= 11 is 0. The van der Waals surface area contributed by atoms with Gasteiger partial charge in [-0.2, -0.15) is 0 Å². The van der Waals surface area contributed by atoms with Crippen molar-refractivity contribution in [1.82, 2.24) is 0 Å². The maximum atomic E-state index is 11.7. The van der Waals surface area contributed by atoms with E-state index in [0.29, 0.717) is 25.9 Å². The van der Waals surface area contributed by atoms with E-state index in [4.69, 9.17) is 11.2 Å². The van der Waals surface area contributed by atoms with Crippen molar-refractivity contribution in [2.75, 3.05) is 6.61 Å². The Kier molecular flexibility index (Phi) is 1.95. The lowest BCUT2D eigenvalue weighted by atomic mass is 9.71. The zero-order valence-corrected chi connectivity index (χ0v) is 8.25. The monoisotopic (exact) mass is 194 g/mol. The summed E-state index contributed by atoms with van der Waals surface area (Å²) < 4.78 is 5.11. The van der Waals surface area contributed by atoms with Crippen molar-refractivity contribution >= 4 is 5.78 Å². The Hall–Kier alpha value is -0.850. The van der Waals surface area contributed by atoms with Crippen molar-refractivity contribution in [3.05, 3.63) is 0 Å². The van der Waals surface area contributed by atoms with Gasteiger partial charge in [-0.1, -0.05) is 0 Å². The lowest BCUT2D eigenvalue weighted by Gasteiger charge is -2.35. The molecule has 14 heavy (non-hydrogen) atoms. The maximum absolute atomic E-state index is 11.7. The predicted octanol–water partition coefficient (Wildman–Crippen LogP) is 0.509. The number of hydrogen-bond donors (Lipinski definition) is 1. The molecule has 1 N–H and O–H groups in total. The van der Waals surface area contributed by atoms with Crippen LogP contribution in [0.2, 0.25) is 0 Å². The van der Waals surface area contributed by atoms with Crippen molar-refractivity contribution in [3.63, 3.8) is 0 Å². The normalized spacial score (nSPS) is 46.4. The fraction of sp³-hybridized carbons (Fsp3) is 0.727. The fourth-order valence-corrected chi connectivity index (χ4v) is 2.39. The highest BCUT2D eigenvalue weighted by molar-refractivity contribution is 5.89. The Balaban J connectivity index is 2.33. The average Bonchev–Trinajstić information content (AvgIpc) is 2.93. The Morgan fingerprint density at radius 2 is 2.43 bits per heavy atom. The van der Waals surface area contributed by atoms with E-state index in [0.717, 1.165) is 0 Å². The molecule has 0 aromatic carbocycles. The zero-order chi connectivity index (χ0) is 10.4. The number of Topliss-reactive ketones (excluding diaryl/α,β-unsaturated/α-hetero) is 1. The summed E-state index contributed by atoms with van der Waals surface area (Å²) in [5.74, 6) is 2.55. The van der Waals surface area contributed by atoms with Crippen LogP contribution in [-0.4, -0.2) is 29.2 Å². The molecule has 1 heterocycles. The summed E-state index contributed by atoms with van der Waals surface area (Å²) in [6.45, 7) is 2.30. The Labute approximate surface area is 83.4 Å². The molecule has 1 aliphatic carbocycles. The minimum atomic E-state index is -1.03. The number of hydrogen-bond acceptors (Lipinski definition) is 3. The lowest BCUT2D eigenvalue weighted by Crippen LogP contribution is -2.49. The number of ketones is 1. The van der Waals surface area contributed by atoms with E-state index in [9.17, 15) is 9.90 Å². The SMILES string of the molecule is C#CC[C@]1(C)C(=O)CC[C@]1(O)[C@@H]1CO1. The molecule has 0 unspecified atom stereocenters. The molecule has 0 radical (unpaired) electrons. The predicted molar refractivity (Wildman–Crippen MR) is 50.5 cm³/mol. The minimum absolute atomic E-state index is 0.0634. The van der Waals surface area contributed by atoms with Gasteiger partial charge in [-0.05, 0) is 13.3 Å². The molecular weight excluding hydrogens is 180 g/mol. The quantitative estimate of drug-likeness (QED) is 0.514. The first kappa shape index (κ1) is 9.70. The lowest BCUT2D eigenvalue weighted by molar-refractivity contribution is -0.136. The minimum Gasteiger partial charge on any atom is -0.386 e. The van der Waals surface area contributed by atoms with Crippen LogP contribution in [0.4, 0.5) is 0 Å². The third-order valence-corrected chi connectivity index (χ3v) is 3.63. The highest BCUT2D eigenvalue weighted by atomic mass is 16.6. The average molecular weight is 194 g/mol. The number of rotatable bonds is 2. The van der Waals surface area contributed by atoms with Crippen molar-refractivity contribution in [2.45, 2.75) is 37.9 Å². The van der Waals surface area contributed by atoms with Gasteiger partial charge in [0.2, 0.25) is 0 Å². The molecule has 0 amide bonds. The van der Waals surface area contributed by atoms with Gasteiger partial charge >= 0.3 is 0 Å². The summed E-state index contributed by atoms with van der Waals surface area (Å²) in [7, 11) is 0. The Bertz CT molecular complexity index is 313. The first-order valence-corrected chi connectivity index (χ1v) is 4.85. The summed E-state index contributed by atoms with van der Waals surface area (Å²) in [6.07, 6.45) is 6.24. The summed E-state index contributed by atoms with van der Waals surface area (Å²) in [4.78, 5) is 11.7. The van der Waals surface area contributed by atoms with Gasteiger partial charge in [-0.3, -0.25) is 4.79 Å². The van der Waals surface area contributed by atoms with Crippen LogP contribution in [0, 0.1) is 17.8 Å². The third kappa shape index (κ3) is 1.05. The van der Waals surface area contributed by atoms with E-state index in [2.05, 4.69) is 5.92 Å². The van der Waals surface area contributed by atoms with Gasteiger partial charge in [0.15, 0.2) is 0 Å². The van der Waals surface area contributed by atoms with Crippen LogP contribution in [0.1, 0.15) is 26.2 Å². The Morgan fingerprint density at radius 1 is 1.79 bits per heavy atom. The van der Waals surface area contributed by atoms with Crippen LogP contribution in [0.5, 0.6) is 0 Å². The number of carbonyl (C=O) groups is 1. The molecule has 1 saturated heterocycles. The topological polar surface area (TPSA) is 49.8 Å². The second kappa shape index (κ2) is 2.82. The smallest absolute Gasteiger partial charge is 0.142 e. The van der Waals surface area contributed by atoms with Gasteiger partial charge in [-0.15, -0.1) is 12.3 Å². The van der Waals surface area contributed by atoms with Gasteiger partial charge in [0.1, 0.15) is 17.5 Å². The van der Waals surface area contributed by atoms with Gasteiger partial charge in [0.25, 0.3) is 0 Å². The molecule has 2 aliphatic rings. The standard InChI is InChI=1S/C11H14O3/c1-3-5-10(2)8(12)4-6-11(10,13)9-7-14-9/h1,9,13H,4-7H2,2H3/t9-,10+,11-/m0/s1. The van der Waals surface area contributed by atoms with Crippen LogP contribution < -0.4 is 0 Å². The van der Waals surface area contributed by atoms with Gasteiger partial charge in [0.05, 0.1) is 12.0 Å². The first-order valence-electron chi connectivity index (χ1n) is 4.85. The molecule has 3 atom stereocenters. The second-order valence-corrected chi connectivity index (χ2v) is 4.38. The zero-order valence-electron chi connectivity index (χ0n) is 8.25. The van der Waals surface area contributed by atoms with Crippen LogP contribution in [0.25, 0.3) is 0 Å². The van der Waals surface area contributed by atoms with Crippen molar-refractivity contribution in [1.29, 1.82) is 0 Å². The molecule has 3 nitrogen and oxygen atoms in total. The highest BCUT2D eigenvalue weighted by Gasteiger charge is 2.63. The largest absolute Gasteiger partial charge is 0.386 e. The molecule has 0 aromatic heterocycles. The summed E-state index contributed by atoms with van der Waals surface area (Å²) in [5.41, 5.74) is -1.83. The Morgan fingerprint density at radius 3 is 2.93 bits per heavy atom. The second-order valence-electron chi connectivity index (χ2n) is 4.38. The number of aliphatic hydroxyl groups is 1. The molecule has 1 aliphatic heterocycles. The van der Waals surface area contributed by atoms with Crippen LogP contribution >= 0.6 is 0 Å². The summed E-state index contributed by atoms with van der Waals surface area (Å²) in [5, 5.41) is 10.4. The van der Waals surface area contributed by atoms with Crippen LogP contribution in [-0.2, 0) is 9.53 Å². The molecule has 2 fully saturated rings. The van der Waals surface area contributed by atoms with Gasteiger partial charge in [0, 0.05) is 12.8 Å². The van der Waals surface area contributed by atoms with E-state index in [1.54, 1.807) is 6.92 Å². The van der Waals surface area contributed by atoms with Gasteiger partial charge < -0.3 is 9.84 Å². The molecule has 1 saturated carbocycles. The number of terminal acetylenes is 1. The molecule has 0 spiro atoms. The van der Waals surface area contributed by atoms with Crippen molar-refractivity contribution in [3.8, 4) is 12.3 Å².